The summed E-state index contributed by atoms with van der Waals surface area (Å²) in [6.07, 6.45) is 2.44. The molecule has 0 N–H and O–H groups in total. The van der Waals surface area contributed by atoms with Crippen LogP contribution in [-0.4, -0.2) is 27.9 Å². The summed E-state index contributed by atoms with van der Waals surface area (Å²) < 4.78 is 6.68. The van der Waals surface area contributed by atoms with Gasteiger partial charge in [0.05, 0.1) is 17.7 Å². The first-order valence-corrected chi connectivity index (χ1v) is 10.9. The zero-order valence-corrected chi connectivity index (χ0v) is 17.6. The van der Waals surface area contributed by atoms with Crippen LogP contribution in [0.3, 0.4) is 0 Å². The second kappa shape index (κ2) is 9.21. The molecule has 3 rings (SSSR count). The first kappa shape index (κ1) is 20.4. The number of thioether (sulfide) groups is 1. The number of benzene rings is 1. The maximum Gasteiger partial charge on any atom is 0.316 e. The highest BCUT2D eigenvalue weighted by Gasteiger charge is 2.18. The molecular weight excluding hydrogens is 392 g/mol. The lowest BCUT2D eigenvalue weighted by Gasteiger charge is -2.10. The smallest absolute Gasteiger partial charge is 0.316 e. The monoisotopic (exact) mass is 414 g/mol. The zero-order valence-electron chi connectivity index (χ0n) is 15.9. The molecule has 0 atom stereocenters. The van der Waals surface area contributed by atoms with Crippen molar-refractivity contribution in [2.75, 3.05) is 12.4 Å². The third-order valence-corrected chi connectivity index (χ3v) is 5.94. The van der Waals surface area contributed by atoms with Crippen molar-refractivity contribution >= 4 is 39.3 Å². The highest BCUT2D eigenvalue weighted by molar-refractivity contribution is 7.99. The van der Waals surface area contributed by atoms with Crippen LogP contribution in [0.4, 0.5) is 0 Å². The van der Waals surface area contributed by atoms with Gasteiger partial charge in [-0.2, -0.15) is 0 Å². The molecule has 0 aliphatic rings. The van der Waals surface area contributed by atoms with Crippen LogP contribution in [-0.2, 0) is 16.1 Å². The maximum absolute atomic E-state index is 13.2. The Morgan fingerprint density at radius 2 is 2.11 bits per heavy atom. The Balaban J connectivity index is 2.01. The normalized spacial score (nSPS) is 10.9. The van der Waals surface area contributed by atoms with Gasteiger partial charge in [0, 0.05) is 17.5 Å². The second-order valence-corrected chi connectivity index (χ2v) is 8.10. The van der Waals surface area contributed by atoms with Crippen molar-refractivity contribution in [2.45, 2.75) is 32.0 Å². The van der Waals surface area contributed by atoms with E-state index in [0.717, 1.165) is 17.5 Å². The molecule has 2 heterocycles. The summed E-state index contributed by atoms with van der Waals surface area (Å²) in [6, 6.07) is 8.09. The Morgan fingerprint density at radius 3 is 2.79 bits per heavy atom. The second-order valence-electron chi connectivity index (χ2n) is 6.30. The number of thiophene rings is 1. The van der Waals surface area contributed by atoms with Gasteiger partial charge in [-0.1, -0.05) is 54.6 Å². The molecule has 2 aromatic heterocycles. The molecule has 0 fully saturated rings. The highest BCUT2D eigenvalue weighted by atomic mass is 32.2. The minimum absolute atomic E-state index is 0.116. The van der Waals surface area contributed by atoms with E-state index in [4.69, 9.17) is 4.74 Å². The van der Waals surface area contributed by atoms with Crippen molar-refractivity contribution in [1.82, 2.24) is 9.55 Å². The van der Waals surface area contributed by atoms with E-state index >= 15 is 0 Å². The number of hydrogen-bond donors (Lipinski definition) is 0. The molecule has 0 radical (unpaired) electrons. The molecule has 3 aromatic rings. The van der Waals surface area contributed by atoms with Gasteiger partial charge >= 0.3 is 5.97 Å². The van der Waals surface area contributed by atoms with Crippen molar-refractivity contribution in [3.05, 3.63) is 58.2 Å². The number of nitrogens with zero attached hydrogens (tertiary/aromatic N) is 2. The quantitative estimate of drug-likeness (QED) is 0.232. The van der Waals surface area contributed by atoms with Crippen LogP contribution in [0.25, 0.3) is 21.3 Å². The van der Waals surface area contributed by atoms with Crippen LogP contribution in [0.15, 0.2) is 52.3 Å². The van der Waals surface area contributed by atoms with E-state index in [1.54, 1.807) is 10.6 Å². The molecular formula is C21H22N2O3S2. The number of allylic oxidation sites excluding steroid dienone is 1. The molecule has 0 amide bonds. The summed E-state index contributed by atoms with van der Waals surface area (Å²) in [4.78, 5) is 30.4. The highest BCUT2D eigenvalue weighted by Crippen LogP contribution is 2.32. The average Bonchev–Trinajstić information content (AvgIpc) is 3.12. The first-order valence-electron chi connectivity index (χ1n) is 9.03. The van der Waals surface area contributed by atoms with E-state index < -0.39 is 0 Å². The fourth-order valence-corrected chi connectivity index (χ4v) is 4.53. The van der Waals surface area contributed by atoms with Crippen molar-refractivity contribution in [1.29, 1.82) is 0 Å². The molecule has 5 nitrogen and oxygen atoms in total. The van der Waals surface area contributed by atoms with E-state index in [1.165, 1.54) is 28.7 Å². The molecule has 7 heteroatoms. The molecule has 0 spiro atoms. The standard InChI is InChI=1S/C21H22N2O3S2/c1-4-10-23-20(25)18-16(15-8-6-14(3)7-9-15)12-27-19(18)22-21(23)28-13-17(24)26-11-5-2/h4,6-9,12H,1,5,10-11,13H2,2-3H3. The summed E-state index contributed by atoms with van der Waals surface area (Å²) in [5.41, 5.74) is 2.92. The molecule has 146 valence electrons. The third kappa shape index (κ3) is 4.36. The number of carbonyl (C=O) groups excluding carboxylic acids is 1. The molecule has 0 saturated heterocycles. The van der Waals surface area contributed by atoms with Crippen LogP contribution in [0.2, 0.25) is 0 Å². The van der Waals surface area contributed by atoms with Gasteiger partial charge in [-0.15, -0.1) is 17.9 Å². The molecule has 28 heavy (non-hydrogen) atoms. The topological polar surface area (TPSA) is 61.2 Å². The molecule has 1 aromatic carbocycles. The lowest BCUT2D eigenvalue weighted by Crippen LogP contribution is -2.23. The number of rotatable bonds is 8. The van der Waals surface area contributed by atoms with Crippen molar-refractivity contribution in [2.24, 2.45) is 0 Å². The van der Waals surface area contributed by atoms with Crippen molar-refractivity contribution in [3.63, 3.8) is 0 Å². The summed E-state index contributed by atoms with van der Waals surface area (Å²) in [5.74, 6) is -0.191. The molecule has 0 aliphatic carbocycles. The Bertz CT molecular complexity index is 1050. The third-order valence-electron chi connectivity index (χ3n) is 4.12. The molecule has 0 aliphatic heterocycles. The lowest BCUT2D eigenvalue weighted by molar-refractivity contribution is -0.140. The predicted octanol–water partition coefficient (Wildman–Crippen LogP) is 4.66. The van der Waals surface area contributed by atoms with Crippen LogP contribution < -0.4 is 5.56 Å². The predicted molar refractivity (Wildman–Crippen MR) is 116 cm³/mol. The van der Waals surface area contributed by atoms with Gasteiger partial charge in [0.1, 0.15) is 4.83 Å². The van der Waals surface area contributed by atoms with Crippen LogP contribution >= 0.6 is 23.1 Å². The number of ether oxygens (including phenoxy) is 1. The van der Waals surface area contributed by atoms with Gasteiger partial charge in [0.15, 0.2) is 5.16 Å². The van der Waals surface area contributed by atoms with Gasteiger partial charge in [-0.05, 0) is 18.9 Å². The van der Waals surface area contributed by atoms with Gasteiger partial charge in [-0.3, -0.25) is 14.2 Å². The molecule has 0 bridgehead atoms. The van der Waals surface area contributed by atoms with E-state index in [-0.39, 0.29) is 17.3 Å². The van der Waals surface area contributed by atoms with Crippen LogP contribution in [0, 0.1) is 6.92 Å². The summed E-state index contributed by atoms with van der Waals surface area (Å²) in [5, 5.41) is 3.07. The Hall–Kier alpha value is -2.38. The number of carbonyl (C=O) groups is 1. The van der Waals surface area contributed by atoms with Crippen molar-refractivity contribution in [3.8, 4) is 11.1 Å². The van der Waals surface area contributed by atoms with Gasteiger partial charge in [-0.25, -0.2) is 4.98 Å². The fraction of sp³-hybridized carbons (Fsp3) is 0.286. The van der Waals surface area contributed by atoms with Gasteiger partial charge in [0.25, 0.3) is 5.56 Å². The zero-order chi connectivity index (χ0) is 20.1. The van der Waals surface area contributed by atoms with Gasteiger partial charge < -0.3 is 4.74 Å². The number of fused-ring (bicyclic) bond motifs is 1. The lowest BCUT2D eigenvalue weighted by atomic mass is 10.1. The summed E-state index contributed by atoms with van der Waals surface area (Å²) in [7, 11) is 0. The number of esters is 1. The number of hydrogen-bond acceptors (Lipinski definition) is 6. The largest absolute Gasteiger partial charge is 0.465 e. The minimum atomic E-state index is -0.308. The average molecular weight is 415 g/mol. The van der Waals surface area contributed by atoms with E-state index in [9.17, 15) is 9.59 Å². The van der Waals surface area contributed by atoms with E-state index in [1.807, 2.05) is 43.5 Å². The summed E-state index contributed by atoms with van der Waals surface area (Å²) >= 11 is 2.65. The van der Waals surface area contributed by atoms with Crippen LogP contribution in [0.5, 0.6) is 0 Å². The first-order chi connectivity index (χ1) is 13.5. The maximum atomic E-state index is 13.2. The fourth-order valence-electron chi connectivity index (χ4n) is 2.73. The Morgan fingerprint density at radius 1 is 1.36 bits per heavy atom. The Kier molecular flexibility index (Phi) is 6.70. The SMILES string of the molecule is C=CCn1c(SCC(=O)OCCC)nc2scc(-c3ccc(C)cc3)c2c1=O. The molecule has 0 unspecified atom stereocenters. The Labute approximate surface area is 172 Å². The minimum Gasteiger partial charge on any atom is -0.465 e. The number of aromatic nitrogens is 2. The summed E-state index contributed by atoms with van der Waals surface area (Å²) in [6.45, 7) is 8.45. The van der Waals surface area contributed by atoms with E-state index in [0.29, 0.717) is 28.5 Å². The van der Waals surface area contributed by atoms with Crippen molar-refractivity contribution < 1.29 is 9.53 Å². The molecule has 0 saturated carbocycles. The van der Waals surface area contributed by atoms with E-state index in [2.05, 4.69) is 11.6 Å². The van der Waals surface area contributed by atoms with Gasteiger partial charge in [0.2, 0.25) is 0 Å². The van der Waals surface area contributed by atoms with Crippen LogP contribution in [0.1, 0.15) is 18.9 Å². The number of aryl methyl sites for hydroxylation is 1.